The molecule has 1 aliphatic heterocycles. The summed E-state index contributed by atoms with van der Waals surface area (Å²) in [7, 11) is 0. The van der Waals surface area contributed by atoms with E-state index in [0.29, 0.717) is 5.38 Å². The average Bonchev–Trinajstić information content (AvgIpc) is 2.66. The Balaban J connectivity index is 2.06. The fourth-order valence-corrected chi connectivity index (χ4v) is 3.65. The third kappa shape index (κ3) is 1.97. The molecular formula is C13H16ClN3S. The van der Waals surface area contributed by atoms with Crippen molar-refractivity contribution in [2.75, 3.05) is 18.0 Å². The van der Waals surface area contributed by atoms with E-state index in [9.17, 15) is 0 Å². The summed E-state index contributed by atoms with van der Waals surface area (Å²) in [4.78, 5) is 13.7. The summed E-state index contributed by atoms with van der Waals surface area (Å²) in [5, 5.41) is 1.55. The lowest BCUT2D eigenvalue weighted by molar-refractivity contribution is 0.581. The van der Waals surface area contributed by atoms with Crippen LogP contribution in [0.25, 0.3) is 10.2 Å². The quantitative estimate of drug-likeness (QED) is 0.749. The Morgan fingerprint density at radius 1 is 1.28 bits per heavy atom. The van der Waals surface area contributed by atoms with Crippen LogP contribution in [-0.4, -0.2) is 28.4 Å². The highest BCUT2D eigenvalue weighted by atomic mass is 35.5. The lowest BCUT2D eigenvalue weighted by Crippen LogP contribution is -2.34. The highest BCUT2D eigenvalue weighted by molar-refractivity contribution is 7.18. The third-order valence-corrected chi connectivity index (χ3v) is 5.22. The van der Waals surface area contributed by atoms with Crippen LogP contribution in [0.1, 0.15) is 23.3 Å². The van der Waals surface area contributed by atoms with Crippen molar-refractivity contribution in [1.29, 1.82) is 0 Å². The second-order valence-electron chi connectivity index (χ2n) is 4.82. The van der Waals surface area contributed by atoms with E-state index in [-0.39, 0.29) is 0 Å². The van der Waals surface area contributed by atoms with Crippen LogP contribution in [0.5, 0.6) is 0 Å². The van der Waals surface area contributed by atoms with Crippen LogP contribution >= 0.6 is 22.9 Å². The standard InChI is InChI=1S/C13H16ClN3S/c1-8-9(2)18-13-11(8)12(15-7-16-13)17-5-3-10(14)4-6-17/h7,10H,3-6H2,1-2H3. The number of halogens is 1. The minimum Gasteiger partial charge on any atom is -0.356 e. The van der Waals surface area contributed by atoms with Gasteiger partial charge in [0.05, 0.1) is 5.39 Å². The molecule has 3 rings (SSSR count). The molecule has 96 valence electrons. The maximum absolute atomic E-state index is 6.17. The number of rotatable bonds is 1. The normalized spacial score (nSPS) is 17.6. The molecule has 5 heteroatoms. The summed E-state index contributed by atoms with van der Waals surface area (Å²) in [5.41, 5.74) is 1.32. The van der Waals surface area contributed by atoms with E-state index in [0.717, 1.165) is 36.6 Å². The molecule has 0 saturated carbocycles. The number of hydrogen-bond donors (Lipinski definition) is 0. The monoisotopic (exact) mass is 281 g/mol. The van der Waals surface area contributed by atoms with Gasteiger partial charge in [-0.25, -0.2) is 9.97 Å². The molecule has 0 atom stereocenters. The van der Waals surface area contributed by atoms with Crippen LogP contribution in [0.4, 0.5) is 5.82 Å². The fraction of sp³-hybridized carbons (Fsp3) is 0.538. The fourth-order valence-electron chi connectivity index (χ4n) is 2.46. The molecule has 18 heavy (non-hydrogen) atoms. The highest BCUT2D eigenvalue weighted by Crippen LogP contribution is 2.35. The van der Waals surface area contributed by atoms with E-state index in [4.69, 9.17) is 11.6 Å². The van der Waals surface area contributed by atoms with Gasteiger partial charge in [-0.1, -0.05) is 0 Å². The van der Waals surface area contributed by atoms with Crippen molar-refractivity contribution >= 4 is 39.0 Å². The van der Waals surface area contributed by atoms with Crippen LogP contribution in [0, 0.1) is 13.8 Å². The molecule has 0 amide bonds. The van der Waals surface area contributed by atoms with Crippen LogP contribution in [0.3, 0.4) is 0 Å². The first-order chi connectivity index (χ1) is 8.66. The first kappa shape index (κ1) is 12.2. The molecule has 1 fully saturated rings. The number of fused-ring (bicyclic) bond motifs is 1. The minimum absolute atomic E-state index is 0.323. The van der Waals surface area contributed by atoms with Gasteiger partial charge in [0.2, 0.25) is 0 Å². The molecule has 0 radical (unpaired) electrons. The number of aromatic nitrogens is 2. The Bertz CT molecular complexity index is 573. The van der Waals surface area contributed by atoms with Gasteiger partial charge in [0.25, 0.3) is 0 Å². The van der Waals surface area contributed by atoms with E-state index in [2.05, 4.69) is 28.7 Å². The smallest absolute Gasteiger partial charge is 0.141 e. The van der Waals surface area contributed by atoms with Gasteiger partial charge in [0, 0.05) is 23.3 Å². The van der Waals surface area contributed by atoms with Gasteiger partial charge in [0.15, 0.2) is 0 Å². The van der Waals surface area contributed by atoms with Crippen molar-refractivity contribution in [3.05, 3.63) is 16.8 Å². The summed E-state index contributed by atoms with van der Waals surface area (Å²) in [6, 6.07) is 0. The van der Waals surface area contributed by atoms with Crippen molar-refractivity contribution in [2.45, 2.75) is 32.1 Å². The minimum atomic E-state index is 0.323. The average molecular weight is 282 g/mol. The van der Waals surface area contributed by atoms with Gasteiger partial charge in [-0.3, -0.25) is 0 Å². The topological polar surface area (TPSA) is 29.0 Å². The molecule has 0 spiro atoms. The van der Waals surface area contributed by atoms with Crippen LogP contribution < -0.4 is 4.90 Å². The van der Waals surface area contributed by atoms with Crippen molar-refractivity contribution < 1.29 is 0 Å². The van der Waals surface area contributed by atoms with Crippen LogP contribution in [-0.2, 0) is 0 Å². The molecular weight excluding hydrogens is 266 g/mol. The van der Waals surface area contributed by atoms with Gasteiger partial charge in [-0.05, 0) is 32.3 Å². The predicted molar refractivity (Wildman–Crippen MR) is 78.0 cm³/mol. The van der Waals surface area contributed by atoms with Crippen molar-refractivity contribution in [3.63, 3.8) is 0 Å². The largest absolute Gasteiger partial charge is 0.356 e. The number of piperidine rings is 1. The van der Waals surface area contributed by atoms with Crippen LogP contribution in [0.2, 0.25) is 0 Å². The number of nitrogens with zero attached hydrogens (tertiary/aromatic N) is 3. The first-order valence-electron chi connectivity index (χ1n) is 6.26. The van der Waals surface area contributed by atoms with Gasteiger partial charge in [0.1, 0.15) is 17.0 Å². The second kappa shape index (κ2) is 4.67. The molecule has 2 aromatic heterocycles. The zero-order valence-corrected chi connectivity index (χ0v) is 12.2. The first-order valence-corrected chi connectivity index (χ1v) is 7.52. The second-order valence-corrected chi connectivity index (χ2v) is 6.64. The summed E-state index contributed by atoms with van der Waals surface area (Å²) in [6.45, 7) is 6.30. The van der Waals surface area contributed by atoms with Gasteiger partial charge < -0.3 is 4.90 Å². The number of thiophene rings is 1. The number of anilines is 1. The molecule has 0 bridgehead atoms. The SMILES string of the molecule is Cc1sc2ncnc(N3CCC(Cl)CC3)c2c1C. The molecule has 2 aromatic rings. The van der Waals surface area contributed by atoms with Crippen molar-refractivity contribution in [1.82, 2.24) is 9.97 Å². The van der Waals surface area contributed by atoms with E-state index >= 15 is 0 Å². The maximum atomic E-state index is 6.17. The lowest BCUT2D eigenvalue weighted by Gasteiger charge is -2.30. The van der Waals surface area contributed by atoms with Crippen molar-refractivity contribution in [3.8, 4) is 0 Å². The Morgan fingerprint density at radius 3 is 2.72 bits per heavy atom. The van der Waals surface area contributed by atoms with Crippen molar-refractivity contribution in [2.24, 2.45) is 0 Å². The Kier molecular flexibility index (Phi) is 3.16. The van der Waals surface area contributed by atoms with Gasteiger partial charge in [-0.2, -0.15) is 0 Å². The molecule has 3 heterocycles. The number of hydrogen-bond acceptors (Lipinski definition) is 4. The maximum Gasteiger partial charge on any atom is 0.141 e. The Labute approximate surface area is 116 Å². The summed E-state index contributed by atoms with van der Waals surface area (Å²) >= 11 is 7.92. The van der Waals surface area contributed by atoms with Gasteiger partial charge in [-0.15, -0.1) is 22.9 Å². The molecule has 3 nitrogen and oxygen atoms in total. The molecule has 0 N–H and O–H groups in total. The van der Waals surface area contributed by atoms with E-state index in [1.54, 1.807) is 17.7 Å². The molecule has 1 aliphatic rings. The Hall–Kier alpha value is -0.870. The Morgan fingerprint density at radius 2 is 2.00 bits per heavy atom. The van der Waals surface area contributed by atoms with Gasteiger partial charge >= 0.3 is 0 Å². The molecule has 0 aliphatic carbocycles. The molecule has 0 unspecified atom stereocenters. The number of alkyl halides is 1. The molecule has 0 aromatic carbocycles. The van der Waals surface area contributed by atoms with E-state index in [1.165, 1.54) is 15.8 Å². The lowest BCUT2D eigenvalue weighted by atomic mass is 10.1. The van der Waals surface area contributed by atoms with Crippen LogP contribution in [0.15, 0.2) is 6.33 Å². The zero-order valence-electron chi connectivity index (χ0n) is 10.6. The highest BCUT2D eigenvalue weighted by Gasteiger charge is 2.22. The summed E-state index contributed by atoms with van der Waals surface area (Å²) in [6.07, 6.45) is 3.75. The summed E-state index contributed by atoms with van der Waals surface area (Å²) in [5.74, 6) is 1.09. The van der Waals surface area contributed by atoms with E-state index < -0.39 is 0 Å². The molecule has 1 saturated heterocycles. The third-order valence-electron chi connectivity index (χ3n) is 3.67. The van der Waals surface area contributed by atoms with E-state index in [1.807, 2.05) is 0 Å². The zero-order chi connectivity index (χ0) is 12.7. The number of aryl methyl sites for hydroxylation is 2. The predicted octanol–water partition coefficient (Wildman–Crippen LogP) is 3.52. The summed E-state index contributed by atoms with van der Waals surface area (Å²) < 4.78 is 0.